The first-order valence-electron chi connectivity index (χ1n) is 4.09. The quantitative estimate of drug-likeness (QED) is 0.581. The highest BCUT2D eigenvalue weighted by Crippen LogP contribution is 1.94. The molecule has 1 aromatic heterocycles. The van der Waals surface area contributed by atoms with E-state index >= 15 is 0 Å². The lowest BCUT2D eigenvalue weighted by molar-refractivity contribution is 0.0944. The molecule has 1 N–H and O–H groups in total. The van der Waals surface area contributed by atoms with Crippen molar-refractivity contribution in [3.05, 3.63) is 18.0 Å². The van der Waals surface area contributed by atoms with Crippen LogP contribution in [0.1, 0.15) is 23.3 Å². The molecule has 5 heteroatoms. The van der Waals surface area contributed by atoms with Gasteiger partial charge in [0, 0.05) is 18.5 Å². The van der Waals surface area contributed by atoms with Crippen LogP contribution in [0.4, 0.5) is 0 Å². The summed E-state index contributed by atoms with van der Waals surface area (Å²) in [5, 5.41) is 6.20. The minimum absolute atomic E-state index is 0.205. The summed E-state index contributed by atoms with van der Waals surface area (Å²) in [5.74, 6) is 0.420. The summed E-state index contributed by atoms with van der Waals surface area (Å²) >= 11 is 5.48. The molecule has 0 aliphatic heterocycles. The second kappa shape index (κ2) is 5.59. The van der Waals surface area contributed by atoms with Crippen LogP contribution in [0.25, 0.3) is 0 Å². The Balaban J connectivity index is 2.19. The number of carbonyl (C=O) groups is 1. The van der Waals surface area contributed by atoms with Crippen LogP contribution < -0.4 is 5.32 Å². The van der Waals surface area contributed by atoms with Crippen molar-refractivity contribution in [1.29, 1.82) is 0 Å². The first-order valence-corrected chi connectivity index (χ1v) is 4.62. The summed E-state index contributed by atoms with van der Waals surface area (Å²) in [6.07, 6.45) is 3.15. The number of unbranched alkanes of at least 4 members (excludes halogenated alkanes) is 1. The zero-order valence-corrected chi connectivity index (χ0v) is 7.88. The fourth-order valence-electron chi connectivity index (χ4n) is 0.842. The number of nitrogens with one attached hydrogen (secondary N) is 1. The minimum atomic E-state index is -0.205. The zero-order chi connectivity index (χ0) is 9.52. The van der Waals surface area contributed by atoms with Crippen LogP contribution in [-0.2, 0) is 0 Å². The molecule has 0 saturated heterocycles. The molecule has 4 nitrogen and oxygen atoms in total. The number of halogens is 1. The number of alkyl halides is 1. The molecular formula is C8H11ClN2O2. The molecule has 1 heterocycles. The molecule has 0 atom stereocenters. The van der Waals surface area contributed by atoms with E-state index in [1.165, 1.54) is 12.3 Å². The maximum Gasteiger partial charge on any atom is 0.273 e. The van der Waals surface area contributed by atoms with Crippen LogP contribution >= 0.6 is 11.6 Å². The number of nitrogens with zero attached hydrogens (tertiary/aromatic N) is 1. The Labute approximate surface area is 81.2 Å². The second-order valence-electron chi connectivity index (χ2n) is 2.54. The maximum atomic E-state index is 11.2. The average molecular weight is 203 g/mol. The van der Waals surface area contributed by atoms with E-state index in [2.05, 4.69) is 15.0 Å². The van der Waals surface area contributed by atoms with Crippen molar-refractivity contribution < 1.29 is 9.32 Å². The Kier molecular flexibility index (Phi) is 4.32. The third-order valence-corrected chi connectivity index (χ3v) is 1.78. The minimum Gasteiger partial charge on any atom is -0.364 e. The Hall–Kier alpha value is -1.03. The van der Waals surface area contributed by atoms with Gasteiger partial charge in [-0.3, -0.25) is 4.79 Å². The van der Waals surface area contributed by atoms with Gasteiger partial charge in [0.15, 0.2) is 5.69 Å². The van der Waals surface area contributed by atoms with Crippen LogP contribution in [0.2, 0.25) is 0 Å². The van der Waals surface area contributed by atoms with Gasteiger partial charge in [0.2, 0.25) is 0 Å². The summed E-state index contributed by atoms with van der Waals surface area (Å²) in [5.41, 5.74) is 0.311. The van der Waals surface area contributed by atoms with E-state index in [4.69, 9.17) is 11.6 Å². The van der Waals surface area contributed by atoms with Gasteiger partial charge in [-0.05, 0) is 12.8 Å². The van der Waals surface area contributed by atoms with Crippen molar-refractivity contribution >= 4 is 17.5 Å². The van der Waals surface area contributed by atoms with Gasteiger partial charge in [-0.15, -0.1) is 11.6 Å². The largest absolute Gasteiger partial charge is 0.364 e. The molecule has 0 spiro atoms. The highest BCUT2D eigenvalue weighted by Gasteiger charge is 2.06. The van der Waals surface area contributed by atoms with Gasteiger partial charge in [0.05, 0.1) is 0 Å². The lowest BCUT2D eigenvalue weighted by atomic mass is 10.3. The van der Waals surface area contributed by atoms with Gasteiger partial charge < -0.3 is 9.84 Å². The van der Waals surface area contributed by atoms with Crippen LogP contribution in [0.5, 0.6) is 0 Å². The summed E-state index contributed by atoms with van der Waals surface area (Å²) in [4.78, 5) is 11.2. The molecule has 13 heavy (non-hydrogen) atoms. The zero-order valence-electron chi connectivity index (χ0n) is 7.12. The predicted octanol–water partition coefficient (Wildman–Crippen LogP) is 1.42. The molecule has 0 radical (unpaired) electrons. The topological polar surface area (TPSA) is 55.1 Å². The van der Waals surface area contributed by atoms with Gasteiger partial charge in [0.25, 0.3) is 5.91 Å². The van der Waals surface area contributed by atoms with E-state index in [0.717, 1.165) is 12.8 Å². The monoisotopic (exact) mass is 202 g/mol. The van der Waals surface area contributed by atoms with Gasteiger partial charge in [-0.1, -0.05) is 5.16 Å². The fraction of sp³-hybridized carbons (Fsp3) is 0.500. The van der Waals surface area contributed by atoms with Crippen LogP contribution in [0, 0.1) is 0 Å². The lowest BCUT2D eigenvalue weighted by Crippen LogP contribution is -2.24. The molecule has 1 amide bonds. The van der Waals surface area contributed by atoms with Gasteiger partial charge in [-0.25, -0.2) is 0 Å². The summed E-state index contributed by atoms with van der Waals surface area (Å²) in [7, 11) is 0. The third-order valence-electron chi connectivity index (χ3n) is 1.52. The van der Waals surface area contributed by atoms with E-state index in [-0.39, 0.29) is 5.91 Å². The van der Waals surface area contributed by atoms with E-state index in [1.54, 1.807) is 0 Å². The third kappa shape index (κ3) is 3.46. The fourth-order valence-corrected chi connectivity index (χ4v) is 1.03. The highest BCUT2D eigenvalue weighted by molar-refractivity contribution is 6.17. The van der Waals surface area contributed by atoms with Crippen molar-refractivity contribution in [3.63, 3.8) is 0 Å². The number of hydrogen-bond acceptors (Lipinski definition) is 3. The Morgan fingerprint density at radius 3 is 3.08 bits per heavy atom. The first kappa shape index (κ1) is 10.1. The SMILES string of the molecule is O=C(NCCCCCl)c1ccon1. The molecule has 1 rings (SSSR count). The molecule has 0 fully saturated rings. The van der Waals surface area contributed by atoms with Crippen LogP contribution in [-0.4, -0.2) is 23.5 Å². The molecule has 0 saturated carbocycles. The van der Waals surface area contributed by atoms with Crippen molar-refractivity contribution in [2.24, 2.45) is 0 Å². The standard InChI is InChI=1S/C8H11ClN2O2/c9-4-1-2-5-10-8(12)7-3-6-13-11-7/h3,6H,1-2,4-5H2,(H,10,12). The smallest absolute Gasteiger partial charge is 0.273 e. The number of aromatic nitrogens is 1. The normalized spacial score (nSPS) is 9.92. The van der Waals surface area contributed by atoms with Crippen LogP contribution in [0.3, 0.4) is 0 Å². The molecular weight excluding hydrogens is 192 g/mol. The first-order chi connectivity index (χ1) is 6.34. The lowest BCUT2D eigenvalue weighted by Gasteiger charge is -2.00. The molecule has 0 aromatic carbocycles. The maximum absolute atomic E-state index is 11.2. The number of carbonyl (C=O) groups excluding carboxylic acids is 1. The molecule has 72 valence electrons. The second-order valence-corrected chi connectivity index (χ2v) is 2.91. The molecule has 0 aliphatic rings. The Morgan fingerprint density at radius 2 is 2.46 bits per heavy atom. The van der Waals surface area contributed by atoms with Gasteiger partial charge in [-0.2, -0.15) is 0 Å². The summed E-state index contributed by atoms with van der Waals surface area (Å²) in [6, 6.07) is 1.52. The highest BCUT2D eigenvalue weighted by atomic mass is 35.5. The van der Waals surface area contributed by atoms with E-state index < -0.39 is 0 Å². The van der Waals surface area contributed by atoms with Crippen LogP contribution in [0.15, 0.2) is 16.9 Å². The molecule has 1 aromatic rings. The predicted molar refractivity (Wildman–Crippen MR) is 48.8 cm³/mol. The molecule has 0 unspecified atom stereocenters. The van der Waals surface area contributed by atoms with E-state index in [9.17, 15) is 4.79 Å². The van der Waals surface area contributed by atoms with E-state index in [1.807, 2.05) is 0 Å². The van der Waals surface area contributed by atoms with Crippen molar-refractivity contribution in [2.75, 3.05) is 12.4 Å². The summed E-state index contributed by atoms with van der Waals surface area (Å²) < 4.78 is 4.53. The van der Waals surface area contributed by atoms with E-state index in [0.29, 0.717) is 18.1 Å². The number of hydrogen-bond donors (Lipinski definition) is 1. The molecule has 0 aliphatic carbocycles. The Morgan fingerprint density at radius 1 is 1.62 bits per heavy atom. The number of rotatable bonds is 5. The van der Waals surface area contributed by atoms with Gasteiger partial charge in [0.1, 0.15) is 6.26 Å². The van der Waals surface area contributed by atoms with Gasteiger partial charge >= 0.3 is 0 Å². The number of amides is 1. The summed E-state index contributed by atoms with van der Waals surface area (Å²) in [6.45, 7) is 0.623. The average Bonchev–Trinajstić information content (AvgIpc) is 2.65. The Bertz CT molecular complexity index is 249. The molecule has 0 bridgehead atoms. The van der Waals surface area contributed by atoms with Crippen molar-refractivity contribution in [2.45, 2.75) is 12.8 Å². The van der Waals surface area contributed by atoms with Crippen molar-refractivity contribution in [1.82, 2.24) is 10.5 Å². The van der Waals surface area contributed by atoms with Crippen molar-refractivity contribution in [3.8, 4) is 0 Å².